The average molecular weight is 435 g/mol. The van der Waals surface area contributed by atoms with Gasteiger partial charge in [0.15, 0.2) is 11.6 Å². The first-order valence-corrected chi connectivity index (χ1v) is 10.5. The van der Waals surface area contributed by atoms with Crippen LogP contribution in [-0.4, -0.2) is 33.9 Å². The third-order valence-corrected chi connectivity index (χ3v) is 6.01. The van der Waals surface area contributed by atoms with Crippen LogP contribution in [0.25, 0.3) is 0 Å². The van der Waals surface area contributed by atoms with E-state index in [0.717, 1.165) is 36.4 Å². The standard InChI is InChI=1S/C21H20F3N3O2S/c22-21(23,24)16-6-1-4-14(10-16)11-18-25-19(29-26-18)13-27-8-2-5-15(12-27)20(28)17-7-3-9-30-17/h1,3-4,6-7,9-10,15H,2,5,8,11-13H2/t15-/m0/s1. The number of benzene rings is 1. The molecule has 0 N–H and O–H groups in total. The van der Waals surface area contributed by atoms with Gasteiger partial charge in [-0.25, -0.2) is 0 Å². The molecule has 1 aromatic carbocycles. The maximum atomic E-state index is 12.9. The first-order valence-electron chi connectivity index (χ1n) is 9.66. The summed E-state index contributed by atoms with van der Waals surface area (Å²) < 4.78 is 43.9. The van der Waals surface area contributed by atoms with Crippen molar-refractivity contribution in [3.8, 4) is 0 Å². The second kappa shape index (κ2) is 8.69. The highest BCUT2D eigenvalue weighted by atomic mass is 32.1. The molecule has 4 rings (SSSR count). The molecule has 0 saturated carbocycles. The van der Waals surface area contributed by atoms with Crippen LogP contribution < -0.4 is 0 Å². The number of alkyl halides is 3. The minimum Gasteiger partial charge on any atom is -0.338 e. The number of aromatic nitrogens is 2. The first-order chi connectivity index (χ1) is 14.4. The molecule has 0 unspecified atom stereocenters. The normalized spacial score (nSPS) is 17.9. The Labute approximate surface area is 175 Å². The van der Waals surface area contributed by atoms with Crippen LogP contribution in [0, 0.1) is 5.92 Å². The Bertz CT molecular complexity index is 1000. The topological polar surface area (TPSA) is 59.2 Å². The van der Waals surface area contributed by atoms with Gasteiger partial charge in [0.05, 0.1) is 17.0 Å². The molecule has 1 aliphatic heterocycles. The number of piperidine rings is 1. The maximum Gasteiger partial charge on any atom is 0.416 e. The minimum atomic E-state index is -4.39. The van der Waals surface area contributed by atoms with Crippen molar-refractivity contribution in [2.45, 2.75) is 32.0 Å². The third-order valence-electron chi connectivity index (χ3n) is 5.13. The Kier molecular flexibility index (Phi) is 6.01. The van der Waals surface area contributed by atoms with Crippen LogP contribution in [0.1, 0.15) is 45.4 Å². The second-order valence-corrected chi connectivity index (χ2v) is 8.34. The van der Waals surface area contributed by atoms with E-state index in [9.17, 15) is 18.0 Å². The van der Waals surface area contributed by atoms with Crippen LogP contribution in [0.5, 0.6) is 0 Å². The molecule has 0 aliphatic carbocycles. The van der Waals surface area contributed by atoms with Crippen molar-refractivity contribution in [1.82, 2.24) is 15.0 Å². The Balaban J connectivity index is 1.37. The van der Waals surface area contributed by atoms with Gasteiger partial charge in [0, 0.05) is 18.9 Å². The lowest BCUT2D eigenvalue weighted by atomic mass is 9.93. The SMILES string of the molecule is O=C(c1cccs1)[C@H]1CCCN(Cc2nc(Cc3cccc(C(F)(F)F)c3)no2)C1. The van der Waals surface area contributed by atoms with E-state index < -0.39 is 11.7 Å². The molecule has 1 aliphatic rings. The fraction of sp³-hybridized carbons (Fsp3) is 0.381. The van der Waals surface area contributed by atoms with Gasteiger partial charge >= 0.3 is 6.18 Å². The molecule has 1 fully saturated rings. The second-order valence-electron chi connectivity index (χ2n) is 7.40. The molecular formula is C21H20F3N3O2S. The lowest BCUT2D eigenvalue weighted by Crippen LogP contribution is -2.38. The summed E-state index contributed by atoms with van der Waals surface area (Å²) in [4.78, 5) is 19.8. The summed E-state index contributed by atoms with van der Waals surface area (Å²) in [6.07, 6.45) is -2.46. The van der Waals surface area contributed by atoms with Crippen molar-refractivity contribution in [2.24, 2.45) is 5.92 Å². The smallest absolute Gasteiger partial charge is 0.338 e. The van der Waals surface area contributed by atoms with Gasteiger partial charge in [0.25, 0.3) is 0 Å². The number of ketones is 1. The number of halogens is 3. The van der Waals surface area contributed by atoms with Crippen molar-refractivity contribution in [3.63, 3.8) is 0 Å². The van der Waals surface area contributed by atoms with E-state index in [-0.39, 0.29) is 18.1 Å². The van der Waals surface area contributed by atoms with E-state index >= 15 is 0 Å². The number of hydrogen-bond donors (Lipinski definition) is 0. The highest BCUT2D eigenvalue weighted by Crippen LogP contribution is 2.30. The molecular weight excluding hydrogens is 415 g/mol. The van der Waals surface area contributed by atoms with Gasteiger partial charge in [-0.3, -0.25) is 9.69 Å². The summed E-state index contributed by atoms with van der Waals surface area (Å²) in [6.45, 7) is 1.88. The van der Waals surface area contributed by atoms with Crippen LogP contribution in [0.2, 0.25) is 0 Å². The predicted molar refractivity (Wildman–Crippen MR) is 105 cm³/mol. The van der Waals surface area contributed by atoms with E-state index in [1.54, 1.807) is 6.07 Å². The van der Waals surface area contributed by atoms with Gasteiger partial charge < -0.3 is 4.52 Å². The molecule has 5 nitrogen and oxygen atoms in total. The molecule has 0 spiro atoms. The Hall–Kier alpha value is -2.52. The molecule has 3 heterocycles. The molecule has 9 heteroatoms. The number of likely N-dealkylation sites (tertiary alicyclic amines) is 1. The van der Waals surface area contributed by atoms with Gasteiger partial charge in [-0.05, 0) is 42.5 Å². The van der Waals surface area contributed by atoms with Crippen LogP contribution in [0.4, 0.5) is 13.2 Å². The molecule has 0 bridgehead atoms. The van der Waals surface area contributed by atoms with E-state index in [4.69, 9.17) is 4.52 Å². The number of thiophene rings is 1. The number of carbonyl (C=O) groups is 1. The summed E-state index contributed by atoms with van der Waals surface area (Å²) >= 11 is 1.46. The molecule has 0 amide bonds. The largest absolute Gasteiger partial charge is 0.416 e. The minimum absolute atomic E-state index is 0.0510. The fourth-order valence-corrected chi connectivity index (χ4v) is 4.43. The van der Waals surface area contributed by atoms with E-state index in [0.29, 0.717) is 30.4 Å². The van der Waals surface area contributed by atoms with Crippen molar-refractivity contribution in [3.05, 3.63) is 69.5 Å². The average Bonchev–Trinajstić information content (AvgIpc) is 3.40. The number of carbonyl (C=O) groups excluding carboxylic acids is 1. The van der Waals surface area contributed by atoms with Crippen LogP contribution in [0.15, 0.2) is 46.3 Å². The van der Waals surface area contributed by atoms with Gasteiger partial charge in [-0.15, -0.1) is 11.3 Å². The lowest BCUT2D eigenvalue weighted by Gasteiger charge is -2.30. The zero-order chi connectivity index (χ0) is 21.1. The summed E-state index contributed by atoms with van der Waals surface area (Å²) in [6, 6.07) is 8.85. The third kappa shape index (κ3) is 4.96. The van der Waals surface area contributed by atoms with Crippen LogP contribution in [-0.2, 0) is 19.1 Å². The molecule has 2 aromatic heterocycles. The monoisotopic (exact) mass is 435 g/mol. The highest BCUT2D eigenvalue weighted by Gasteiger charge is 2.30. The zero-order valence-corrected chi connectivity index (χ0v) is 16.9. The van der Waals surface area contributed by atoms with Crippen molar-refractivity contribution < 1.29 is 22.5 Å². The van der Waals surface area contributed by atoms with Gasteiger partial charge in [-0.1, -0.05) is 29.4 Å². The maximum absolute atomic E-state index is 12.9. The zero-order valence-electron chi connectivity index (χ0n) is 16.1. The molecule has 30 heavy (non-hydrogen) atoms. The quantitative estimate of drug-likeness (QED) is 0.519. The number of rotatable bonds is 6. The van der Waals surface area contributed by atoms with E-state index in [2.05, 4.69) is 15.0 Å². The Morgan fingerprint density at radius 2 is 2.13 bits per heavy atom. The Morgan fingerprint density at radius 1 is 1.27 bits per heavy atom. The van der Waals surface area contributed by atoms with Crippen molar-refractivity contribution >= 4 is 17.1 Å². The van der Waals surface area contributed by atoms with Crippen molar-refractivity contribution in [1.29, 1.82) is 0 Å². The van der Waals surface area contributed by atoms with Gasteiger partial charge in [0.2, 0.25) is 5.89 Å². The molecule has 0 radical (unpaired) electrons. The van der Waals surface area contributed by atoms with Crippen molar-refractivity contribution in [2.75, 3.05) is 13.1 Å². The summed E-state index contributed by atoms with van der Waals surface area (Å²) in [5.41, 5.74) is -0.227. The predicted octanol–water partition coefficient (Wildman–Crippen LogP) is 4.84. The molecule has 1 saturated heterocycles. The summed E-state index contributed by atoms with van der Waals surface area (Å²) in [7, 11) is 0. The van der Waals surface area contributed by atoms with Gasteiger partial charge in [-0.2, -0.15) is 18.2 Å². The number of nitrogens with zero attached hydrogens (tertiary/aromatic N) is 3. The van der Waals surface area contributed by atoms with E-state index in [1.165, 1.54) is 17.4 Å². The highest BCUT2D eigenvalue weighted by molar-refractivity contribution is 7.12. The van der Waals surface area contributed by atoms with E-state index in [1.807, 2.05) is 17.5 Å². The first kappa shape index (κ1) is 20.7. The summed E-state index contributed by atoms with van der Waals surface area (Å²) in [5, 5.41) is 5.81. The van der Waals surface area contributed by atoms with Gasteiger partial charge in [0.1, 0.15) is 0 Å². The lowest BCUT2D eigenvalue weighted by molar-refractivity contribution is -0.137. The number of hydrogen-bond acceptors (Lipinski definition) is 6. The van der Waals surface area contributed by atoms with Crippen LogP contribution >= 0.6 is 11.3 Å². The van der Waals surface area contributed by atoms with Crippen LogP contribution in [0.3, 0.4) is 0 Å². The molecule has 158 valence electrons. The number of Topliss-reactive ketones (excluding diaryl/α,β-unsaturated/α-hetero) is 1. The molecule has 1 atom stereocenters. The fourth-order valence-electron chi connectivity index (χ4n) is 3.69. The molecule has 3 aromatic rings. The Morgan fingerprint density at radius 3 is 2.90 bits per heavy atom. The summed E-state index contributed by atoms with van der Waals surface area (Å²) in [5.74, 6) is 0.865.